The van der Waals surface area contributed by atoms with Gasteiger partial charge in [-0.05, 0) is 44.0 Å². The predicted molar refractivity (Wildman–Crippen MR) is 130 cm³/mol. The molecule has 3 saturated heterocycles. The number of rotatable bonds is 7. The Morgan fingerprint density at radius 1 is 1.14 bits per heavy atom. The maximum absolute atomic E-state index is 13.6. The average molecular weight is 509 g/mol. The van der Waals surface area contributed by atoms with E-state index in [2.05, 4.69) is 15.5 Å². The molecule has 1 aromatic rings. The molecule has 3 aliphatic heterocycles. The number of β-amino-alcohol motifs (C(OH)–C–C–N with tert-alkyl or cyclic N) is 1. The summed E-state index contributed by atoms with van der Waals surface area (Å²) in [6.07, 6.45) is 0.793. The minimum absolute atomic E-state index is 0.0525. The Labute approximate surface area is 211 Å². The SMILES string of the molecule is O=C(C[C@@H]1CC[C@@H]2[C@H](COC[C@@H](O)CN2C(=O)Nc2cccc(F)c2)O1)NCCCN1CCOCC1. The van der Waals surface area contributed by atoms with Crippen molar-refractivity contribution in [1.29, 1.82) is 0 Å². The zero-order chi connectivity index (χ0) is 25.3. The fraction of sp³-hybridized carbons (Fsp3) is 0.680. The lowest BCUT2D eigenvalue weighted by molar-refractivity contribution is -0.149. The highest BCUT2D eigenvalue weighted by Gasteiger charge is 2.40. The van der Waals surface area contributed by atoms with E-state index in [4.69, 9.17) is 14.2 Å². The molecule has 200 valence electrons. The Bertz CT molecular complexity index is 871. The second-order valence-corrected chi connectivity index (χ2v) is 9.59. The third-order valence-electron chi connectivity index (χ3n) is 6.81. The summed E-state index contributed by atoms with van der Waals surface area (Å²) in [7, 11) is 0. The van der Waals surface area contributed by atoms with Crippen molar-refractivity contribution in [2.24, 2.45) is 0 Å². The molecule has 3 amide bonds. The first kappa shape index (κ1) is 26.7. The summed E-state index contributed by atoms with van der Waals surface area (Å²) >= 11 is 0. The fourth-order valence-corrected chi connectivity index (χ4v) is 4.97. The second-order valence-electron chi connectivity index (χ2n) is 9.59. The van der Waals surface area contributed by atoms with Crippen LogP contribution in [-0.2, 0) is 19.0 Å². The highest BCUT2D eigenvalue weighted by Crippen LogP contribution is 2.28. The van der Waals surface area contributed by atoms with Crippen LogP contribution in [0.3, 0.4) is 0 Å². The molecule has 3 fully saturated rings. The Hall–Kier alpha value is -2.31. The third kappa shape index (κ3) is 7.84. The molecule has 0 aromatic heterocycles. The maximum Gasteiger partial charge on any atom is 0.322 e. The van der Waals surface area contributed by atoms with E-state index < -0.39 is 24.1 Å². The van der Waals surface area contributed by atoms with Crippen molar-refractivity contribution in [3.63, 3.8) is 0 Å². The molecule has 0 radical (unpaired) electrons. The van der Waals surface area contributed by atoms with Gasteiger partial charge in [0.2, 0.25) is 5.91 Å². The Morgan fingerprint density at radius 3 is 2.78 bits per heavy atom. The van der Waals surface area contributed by atoms with Crippen LogP contribution in [-0.4, -0.2) is 110 Å². The van der Waals surface area contributed by atoms with Crippen molar-refractivity contribution in [2.75, 3.05) is 64.5 Å². The lowest BCUT2D eigenvalue weighted by Gasteiger charge is -2.44. The summed E-state index contributed by atoms with van der Waals surface area (Å²) in [6.45, 7) is 5.30. The smallest absolute Gasteiger partial charge is 0.322 e. The predicted octanol–water partition coefficient (Wildman–Crippen LogP) is 1.20. The molecule has 4 atom stereocenters. The van der Waals surface area contributed by atoms with Crippen LogP contribution in [0.1, 0.15) is 25.7 Å². The number of aliphatic hydroxyl groups excluding tert-OH is 1. The van der Waals surface area contributed by atoms with Crippen LogP contribution in [0.25, 0.3) is 0 Å². The maximum atomic E-state index is 13.6. The zero-order valence-electron chi connectivity index (χ0n) is 20.6. The summed E-state index contributed by atoms with van der Waals surface area (Å²) in [5.41, 5.74) is 0.337. The number of hydrogen-bond donors (Lipinski definition) is 3. The Morgan fingerprint density at radius 2 is 1.97 bits per heavy atom. The molecule has 0 saturated carbocycles. The van der Waals surface area contributed by atoms with E-state index in [1.807, 2.05) is 0 Å². The molecule has 1 aromatic carbocycles. The molecule has 4 rings (SSSR count). The molecule has 0 unspecified atom stereocenters. The molecule has 3 aliphatic rings. The quantitative estimate of drug-likeness (QED) is 0.475. The van der Waals surface area contributed by atoms with Gasteiger partial charge in [-0.2, -0.15) is 0 Å². The first-order valence-electron chi connectivity index (χ1n) is 12.8. The number of anilines is 1. The summed E-state index contributed by atoms with van der Waals surface area (Å²) in [4.78, 5) is 29.5. The van der Waals surface area contributed by atoms with Gasteiger partial charge in [0, 0.05) is 25.3 Å². The molecular formula is C25H37FN4O6. The molecular weight excluding hydrogens is 471 g/mol. The van der Waals surface area contributed by atoms with Crippen LogP contribution in [0.15, 0.2) is 24.3 Å². The van der Waals surface area contributed by atoms with Gasteiger partial charge in [-0.15, -0.1) is 0 Å². The number of carbonyl (C=O) groups is 2. The monoisotopic (exact) mass is 508 g/mol. The number of hydrogen-bond acceptors (Lipinski definition) is 7. The number of fused-ring (bicyclic) bond motifs is 1. The summed E-state index contributed by atoms with van der Waals surface area (Å²) in [6, 6.07) is 4.91. The molecule has 11 heteroatoms. The van der Waals surface area contributed by atoms with Gasteiger partial charge in [0.25, 0.3) is 0 Å². The van der Waals surface area contributed by atoms with Crippen LogP contribution in [0.4, 0.5) is 14.9 Å². The Balaban J connectivity index is 1.27. The highest BCUT2D eigenvalue weighted by molar-refractivity contribution is 5.89. The second kappa shape index (κ2) is 13.3. The number of nitrogens with one attached hydrogen (secondary N) is 2. The first-order valence-corrected chi connectivity index (χ1v) is 12.8. The van der Waals surface area contributed by atoms with Gasteiger partial charge in [-0.1, -0.05) is 6.07 Å². The Kier molecular flexibility index (Phi) is 9.88. The van der Waals surface area contributed by atoms with Crippen molar-refractivity contribution >= 4 is 17.6 Å². The standard InChI is InChI=1S/C25H37FN4O6/c26-18-3-1-4-19(13-18)28-25(33)30-15-20(31)16-35-17-23-22(30)6-5-21(36-23)14-24(32)27-7-2-8-29-9-11-34-12-10-29/h1,3-4,13,20-23,31H,2,5-12,14-17H2,(H,27,32)(H,28,33)/t20-,21-,22+,23-/m0/s1. The van der Waals surface area contributed by atoms with E-state index in [0.717, 1.165) is 39.3 Å². The first-order chi connectivity index (χ1) is 17.5. The summed E-state index contributed by atoms with van der Waals surface area (Å²) in [5, 5.41) is 16.0. The normalized spacial score (nSPS) is 27.4. The van der Waals surface area contributed by atoms with E-state index in [0.29, 0.717) is 25.1 Å². The van der Waals surface area contributed by atoms with E-state index in [-0.39, 0.29) is 44.2 Å². The molecule has 0 aliphatic carbocycles. The highest BCUT2D eigenvalue weighted by atomic mass is 19.1. The number of carbonyl (C=O) groups excluding carboxylic acids is 2. The lowest BCUT2D eigenvalue weighted by Crippen LogP contribution is -2.58. The molecule has 3 heterocycles. The van der Waals surface area contributed by atoms with Gasteiger partial charge in [-0.25, -0.2) is 9.18 Å². The van der Waals surface area contributed by atoms with Gasteiger partial charge >= 0.3 is 6.03 Å². The number of aliphatic hydroxyl groups is 1. The number of morpholine rings is 1. The number of urea groups is 1. The van der Waals surface area contributed by atoms with Gasteiger partial charge in [0.1, 0.15) is 11.9 Å². The number of amides is 3. The van der Waals surface area contributed by atoms with E-state index >= 15 is 0 Å². The summed E-state index contributed by atoms with van der Waals surface area (Å²) < 4.78 is 30.7. The van der Waals surface area contributed by atoms with Crippen LogP contribution in [0.2, 0.25) is 0 Å². The van der Waals surface area contributed by atoms with Gasteiger partial charge in [0.05, 0.1) is 57.6 Å². The van der Waals surface area contributed by atoms with Gasteiger partial charge < -0.3 is 34.9 Å². The van der Waals surface area contributed by atoms with Gasteiger partial charge in [0.15, 0.2) is 0 Å². The molecule has 0 spiro atoms. The largest absolute Gasteiger partial charge is 0.389 e. The van der Waals surface area contributed by atoms with Crippen molar-refractivity contribution in [3.05, 3.63) is 30.1 Å². The van der Waals surface area contributed by atoms with Crippen molar-refractivity contribution < 1.29 is 33.3 Å². The number of ether oxygens (including phenoxy) is 3. The van der Waals surface area contributed by atoms with Crippen molar-refractivity contribution in [2.45, 2.75) is 50.0 Å². The number of benzene rings is 1. The molecule has 10 nitrogen and oxygen atoms in total. The van der Waals surface area contributed by atoms with E-state index in [1.54, 1.807) is 11.0 Å². The van der Waals surface area contributed by atoms with E-state index in [9.17, 15) is 19.1 Å². The number of nitrogens with zero attached hydrogens (tertiary/aromatic N) is 2. The van der Waals surface area contributed by atoms with Crippen LogP contribution in [0.5, 0.6) is 0 Å². The van der Waals surface area contributed by atoms with Gasteiger partial charge in [-0.3, -0.25) is 9.69 Å². The van der Waals surface area contributed by atoms with E-state index in [1.165, 1.54) is 18.2 Å². The molecule has 0 bridgehead atoms. The third-order valence-corrected chi connectivity index (χ3v) is 6.81. The van der Waals surface area contributed by atoms with Crippen LogP contribution >= 0.6 is 0 Å². The van der Waals surface area contributed by atoms with Crippen LogP contribution in [0, 0.1) is 5.82 Å². The van der Waals surface area contributed by atoms with Crippen molar-refractivity contribution in [1.82, 2.24) is 15.1 Å². The molecule has 36 heavy (non-hydrogen) atoms. The summed E-state index contributed by atoms with van der Waals surface area (Å²) in [5.74, 6) is -0.502. The van der Waals surface area contributed by atoms with Crippen molar-refractivity contribution in [3.8, 4) is 0 Å². The minimum Gasteiger partial charge on any atom is -0.389 e. The average Bonchev–Trinajstić information content (AvgIpc) is 2.85. The zero-order valence-corrected chi connectivity index (χ0v) is 20.6. The number of halogens is 1. The minimum atomic E-state index is -0.842. The lowest BCUT2D eigenvalue weighted by atomic mass is 9.95. The topological polar surface area (TPSA) is 113 Å². The van der Waals surface area contributed by atoms with Crippen LogP contribution < -0.4 is 10.6 Å². The fourth-order valence-electron chi connectivity index (χ4n) is 4.97. The molecule has 3 N–H and O–H groups in total.